The second kappa shape index (κ2) is 3.96. The summed E-state index contributed by atoms with van der Waals surface area (Å²) in [5, 5.41) is 0.581. The highest BCUT2D eigenvalue weighted by Gasteiger charge is 2.16. The Hall–Kier alpha value is -1.84. The molecule has 0 amide bonds. The molecule has 0 bridgehead atoms. The van der Waals surface area contributed by atoms with Gasteiger partial charge in [0.25, 0.3) is 0 Å². The zero-order valence-corrected chi connectivity index (χ0v) is 9.04. The van der Waals surface area contributed by atoms with E-state index in [1.165, 1.54) is 13.2 Å². The van der Waals surface area contributed by atoms with Crippen molar-refractivity contribution in [3.05, 3.63) is 35.3 Å². The summed E-state index contributed by atoms with van der Waals surface area (Å²) in [6.45, 7) is 1.92. The third kappa shape index (κ3) is 1.66. The largest absolute Gasteiger partial charge is 0.465 e. The standard InChI is InChI=1S/C12H11FO3/c1-3-9-5-7-4-8(13)6-10(11(7)16-9)12(14)15-2/h4-6H,3H2,1-2H3. The summed E-state index contributed by atoms with van der Waals surface area (Å²) in [6, 6.07) is 4.19. The van der Waals surface area contributed by atoms with E-state index in [0.29, 0.717) is 23.2 Å². The first kappa shape index (κ1) is 10.7. The molecule has 0 atom stereocenters. The Morgan fingerprint density at radius 1 is 1.44 bits per heavy atom. The van der Waals surface area contributed by atoms with Gasteiger partial charge in [0.1, 0.15) is 22.7 Å². The van der Waals surface area contributed by atoms with E-state index in [1.54, 1.807) is 6.07 Å². The summed E-state index contributed by atoms with van der Waals surface area (Å²) >= 11 is 0. The smallest absolute Gasteiger partial charge is 0.341 e. The Labute approximate surface area is 91.8 Å². The molecule has 0 saturated heterocycles. The van der Waals surface area contributed by atoms with Gasteiger partial charge in [-0.15, -0.1) is 0 Å². The summed E-state index contributed by atoms with van der Waals surface area (Å²) < 4.78 is 23.3. The quantitative estimate of drug-likeness (QED) is 0.733. The van der Waals surface area contributed by atoms with Crippen LogP contribution >= 0.6 is 0 Å². The summed E-state index contributed by atoms with van der Waals surface area (Å²) in [5.74, 6) is -0.358. The molecule has 0 unspecified atom stereocenters. The van der Waals surface area contributed by atoms with Crippen molar-refractivity contribution in [2.75, 3.05) is 7.11 Å². The minimum Gasteiger partial charge on any atom is -0.465 e. The number of benzene rings is 1. The third-order valence-corrected chi connectivity index (χ3v) is 2.39. The lowest BCUT2D eigenvalue weighted by atomic mass is 10.1. The van der Waals surface area contributed by atoms with Gasteiger partial charge in [-0.25, -0.2) is 9.18 Å². The number of esters is 1. The molecule has 0 aliphatic rings. The van der Waals surface area contributed by atoms with Crippen molar-refractivity contribution in [3.63, 3.8) is 0 Å². The number of carbonyl (C=O) groups excluding carboxylic acids is 1. The first-order chi connectivity index (χ1) is 7.65. The van der Waals surface area contributed by atoms with Gasteiger partial charge in [-0.2, -0.15) is 0 Å². The van der Waals surface area contributed by atoms with Gasteiger partial charge in [0, 0.05) is 11.8 Å². The molecule has 0 radical (unpaired) electrons. The summed E-state index contributed by atoms with van der Waals surface area (Å²) in [4.78, 5) is 11.4. The molecule has 2 rings (SSSR count). The molecule has 1 aromatic heterocycles. The Balaban J connectivity index is 2.70. The van der Waals surface area contributed by atoms with Crippen LogP contribution in [0.5, 0.6) is 0 Å². The van der Waals surface area contributed by atoms with E-state index in [2.05, 4.69) is 4.74 Å². The number of fused-ring (bicyclic) bond motifs is 1. The minimum absolute atomic E-state index is 0.122. The normalized spacial score (nSPS) is 10.7. The summed E-state index contributed by atoms with van der Waals surface area (Å²) in [6.07, 6.45) is 0.691. The molecule has 16 heavy (non-hydrogen) atoms. The zero-order chi connectivity index (χ0) is 11.7. The predicted molar refractivity (Wildman–Crippen MR) is 56.9 cm³/mol. The molecule has 0 spiro atoms. The van der Waals surface area contributed by atoms with Crippen molar-refractivity contribution in [1.29, 1.82) is 0 Å². The molecule has 1 aromatic carbocycles. The highest BCUT2D eigenvalue weighted by atomic mass is 19.1. The Morgan fingerprint density at radius 2 is 2.19 bits per heavy atom. The van der Waals surface area contributed by atoms with Crippen LogP contribution in [0.4, 0.5) is 4.39 Å². The van der Waals surface area contributed by atoms with E-state index in [-0.39, 0.29) is 5.56 Å². The number of hydrogen-bond donors (Lipinski definition) is 0. The van der Waals surface area contributed by atoms with Crippen LogP contribution in [0.3, 0.4) is 0 Å². The van der Waals surface area contributed by atoms with Gasteiger partial charge in [-0.05, 0) is 18.2 Å². The van der Waals surface area contributed by atoms with Gasteiger partial charge < -0.3 is 9.15 Å². The topological polar surface area (TPSA) is 39.4 Å². The lowest BCUT2D eigenvalue weighted by Gasteiger charge is -2.00. The fourth-order valence-electron chi connectivity index (χ4n) is 1.61. The van der Waals surface area contributed by atoms with E-state index >= 15 is 0 Å². The summed E-state index contributed by atoms with van der Waals surface area (Å²) in [5.41, 5.74) is 0.502. The van der Waals surface area contributed by atoms with Crippen LogP contribution in [0, 0.1) is 5.82 Å². The van der Waals surface area contributed by atoms with Crippen molar-refractivity contribution in [1.82, 2.24) is 0 Å². The molecule has 1 heterocycles. The fraction of sp³-hybridized carbons (Fsp3) is 0.250. The average molecular weight is 222 g/mol. The molecule has 3 nitrogen and oxygen atoms in total. The Bertz CT molecular complexity index is 542. The van der Waals surface area contributed by atoms with Crippen molar-refractivity contribution in [2.24, 2.45) is 0 Å². The van der Waals surface area contributed by atoms with Crippen LogP contribution in [0.1, 0.15) is 23.0 Å². The molecule has 84 valence electrons. The Kier molecular flexibility index (Phi) is 2.64. The second-order valence-corrected chi connectivity index (χ2v) is 3.43. The lowest BCUT2D eigenvalue weighted by molar-refractivity contribution is 0.0601. The minimum atomic E-state index is -0.596. The van der Waals surface area contributed by atoms with Crippen molar-refractivity contribution < 1.29 is 18.3 Å². The molecule has 2 aromatic rings. The molecular weight excluding hydrogens is 211 g/mol. The monoisotopic (exact) mass is 222 g/mol. The van der Waals surface area contributed by atoms with Gasteiger partial charge in [0.05, 0.1) is 7.11 Å². The van der Waals surface area contributed by atoms with Crippen LogP contribution in [-0.4, -0.2) is 13.1 Å². The van der Waals surface area contributed by atoms with Crippen LogP contribution < -0.4 is 0 Å². The molecule has 0 aliphatic carbocycles. The second-order valence-electron chi connectivity index (χ2n) is 3.43. The fourth-order valence-corrected chi connectivity index (χ4v) is 1.61. The van der Waals surface area contributed by atoms with Gasteiger partial charge in [-0.1, -0.05) is 6.92 Å². The van der Waals surface area contributed by atoms with Crippen molar-refractivity contribution in [3.8, 4) is 0 Å². The van der Waals surface area contributed by atoms with E-state index in [0.717, 1.165) is 6.07 Å². The molecule has 0 fully saturated rings. The number of hydrogen-bond acceptors (Lipinski definition) is 3. The van der Waals surface area contributed by atoms with Crippen molar-refractivity contribution in [2.45, 2.75) is 13.3 Å². The summed E-state index contributed by atoms with van der Waals surface area (Å²) in [7, 11) is 1.25. The van der Waals surface area contributed by atoms with E-state index in [4.69, 9.17) is 4.42 Å². The third-order valence-electron chi connectivity index (χ3n) is 2.39. The first-order valence-corrected chi connectivity index (χ1v) is 4.96. The number of halogens is 1. The number of furan rings is 1. The number of ether oxygens (including phenoxy) is 1. The van der Waals surface area contributed by atoms with Crippen molar-refractivity contribution >= 4 is 16.9 Å². The first-order valence-electron chi connectivity index (χ1n) is 4.96. The maximum Gasteiger partial charge on any atom is 0.341 e. The van der Waals surface area contributed by atoms with Gasteiger partial charge >= 0.3 is 5.97 Å². The number of carbonyl (C=O) groups is 1. The zero-order valence-electron chi connectivity index (χ0n) is 9.04. The highest BCUT2D eigenvalue weighted by Crippen LogP contribution is 2.25. The SMILES string of the molecule is CCc1cc2cc(F)cc(C(=O)OC)c2o1. The molecular formula is C12H11FO3. The maximum absolute atomic E-state index is 13.3. The van der Waals surface area contributed by atoms with E-state index in [9.17, 15) is 9.18 Å². The van der Waals surface area contributed by atoms with Gasteiger partial charge in [0.15, 0.2) is 0 Å². The van der Waals surface area contributed by atoms with Crippen LogP contribution in [0.15, 0.2) is 22.6 Å². The number of aryl methyl sites for hydroxylation is 1. The van der Waals surface area contributed by atoms with E-state index < -0.39 is 11.8 Å². The van der Waals surface area contributed by atoms with Crippen LogP contribution in [-0.2, 0) is 11.2 Å². The van der Waals surface area contributed by atoms with Gasteiger partial charge in [0.2, 0.25) is 0 Å². The maximum atomic E-state index is 13.3. The average Bonchev–Trinajstić information content (AvgIpc) is 2.69. The predicted octanol–water partition coefficient (Wildman–Crippen LogP) is 2.92. The molecule has 0 N–H and O–H groups in total. The number of methoxy groups -OCH3 is 1. The van der Waals surface area contributed by atoms with Crippen LogP contribution in [0.2, 0.25) is 0 Å². The van der Waals surface area contributed by atoms with Gasteiger partial charge in [-0.3, -0.25) is 0 Å². The highest BCUT2D eigenvalue weighted by molar-refractivity contribution is 6.02. The number of rotatable bonds is 2. The molecule has 0 saturated carbocycles. The molecule has 0 aliphatic heterocycles. The Morgan fingerprint density at radius 3 is 2.81 bits per heavy atom. The van der Waals surface area contributed by atoms with Crippen LogP contribution in [0.25, 0.3) is 11.0 Å². The lowest BCUT2D eigenvalue weighted by Crippen LogP contribution is -2.02. The molecule has 4 heteroatoms. The van der Waals surface area contributed by atoms with E-state index in [1.807, 2.05) is 6.92 Å².